The maximum Gasteiger partial charge on any atom is 0.197 e. The van der Waals surface area contributed by atoms with Gasteiger partial charge in [0.2, 0.25) is 0 Å². The Morgan fingerprint density at radius 1 is 1.21 bits per heavy atom. The van der Waals surface area contributed by atoms with Crippen molar-refractivity contribution >= 4 is 50.5 Å². The topological polar surface area (TPSA) is 25.2 Å². The Morgan fingerprint density at radius 2 is 1.96 bits per heavy atom. The van der Waals surface area contributed by atoms with Crippen molar-refractivity contribution < 1.29 is 4.79 Å². The van der Waals surface area contributed by atoms with Gasteiger partial charge in [0, 0.05) is 23.2 Å². The molecule has 1 saturated heterocycles. The van der Waals surface area contributed by atoms with E-state index in [1.165, 1.54) is 30.8 Å². The van der Waals surface area contributed by atoms with Gasteiger partial charge in [-0.2, -0.15) is 0 Å². The zero-order valence-corrected chi connectivity index (χ0v) is 18.5. The smallest absolute Gasteiger partial charge is 0.197 e. The number of likely N-dealkylation sites (tertiary alicyclic amines) is 1. The second kappa shape index (κ2) is 8.19. The van der Waals surface area contributed by atoms with Crippen molar-refractivity contribution in [3.8, 4) is 0 Å². The van der Waals surface area contributed by atoms with Gasteiger partial charge in [-0.25, -0.2) is 0 Å². The number of aryl methyl sites for hydroxylation is 1. The molecule has 148 valence electrons. The lowest BCUT2D eigenvalue weighted by atomic mass is 9.94. The van der Waals surface area contributed by atoms with Crippen LogP contribution in [0.1, 0.15) is 40.9 Å². The molecule has 0 unspecified atom stereocenters. The highest BCUT2D eigenvalue weighted by atomic mass is 35.5. The summed E-state index contributed by atoms with van der Waals surface area (Å²) >= 11 is 14.2. The van der Waals surface area contributed by atoms with Crippen molar-refractivity contribution in [1.82, 2.24) is 9.47 Å². The van der Waals surface area contributed by atoms with Gasteiger partial charge < -0.3 is 9.47 Å². The molecule has 0 radical (unpaired) electrons. The standard InChI is InChI=1S/C22H24Cl2N2OS/c1-14-19(21(27)17-4-3-5-18(23)20(17)24)16-9-13-28-22(16)26(14)12-8-15-6-10-25(2)11-7-15/h3-5,9,13,15H,6-8,10-12H2,1-2H3. The number of fused-ring (bicyclic) bond motifs is 1. The summed E-state index contributed by atoms with van der Waals surface area (Å²) < 4.78 is 2.32. The van der Waals surface area contributed by atoms with Crippen molar-refractivity contribution in [2.45, 2.75) is 32.7 Å². The van der Waals surface area contributed by atoms with Crippen molar-refractivity contribution in [1.29, 1.82) is 0 Å². The number of carbonyl (C=O) groups excluding carboxylic acids is 1. The summed E-state index contributed by atoms with van der Waals surface area (Å²) in [5.41, 5.74) is 2.25. The minimum atomic E-state index is -0.0496. The van der Waals surface area contributed by atoms with Gasteiger partial charge in [0.25, 0.3) is 0 Å². The average molecular weight is 435 g/mol. The van der Waals surface area contributed by atoms with E-state index in [2.05, 4.69) is 21.9 Å². The van der Waals surface area contributed by atoms with Crippen LogP contribution < -0.4 is 0 Å². The summed E-state index contributed by atoms with van der Waals surface area (Å²) in [4.78, 5) is 16.9. The molecule has 1 aliphatic heterocycles. The molecule has 0 amide bonds. The second-order valence-electron chi connectivity index (χ2n) is 7.72. The third-order valence-corrected chi connectivity index (χ3v) is 7.70. The Bertz CT molecular complexity index is 1020. The van der Waals surface area contributed by atoms with E-state index in [1.807, 2.05) is 13.0 Å². The van der Waals surface area contributed by atoms with Crippen LogP contribution in [0, 0.1) is 12.8 Å². The summed E-state index contributed by atoms with van der Waals surface area (Å²) in [7, 11) is 2.19. The SMILES string of the molecule is Cc1c(C(=O)c2cccc(Cl)c2Cl)c2ccsc2n1CCC1CCN(C)CC1. The molecule has 0 saturated carbocycles. The van der Waals surface area contributed by atoms with Crippen LogP contribution in [0.4, 0.5) is 0 Å². The van der Waals surface area contributed by atoms with Crippen molar-refractivity contribution in [2.24, 2.45) is 5.92 Å². The fourth-order valence-corrected chi connectivity index (χ4v) is 5.59. The Kier molecular flexibility index (Phi) is 5.84. The van der Waals surface area contributed by atoms with Gasteiger partial charge >= 0.3 is 0 Å². The van der Waals surface area contributed by atoms with E-state index in [4.69, 9.17) is 23.2 Å². The molecule has 0 bridgehead atoms. The number of thiophene rings is 1. The zero-order valence-electron chi connectivity index (χ0n) is 16.2. The molecule has 0 atom stereocenters. The lowest BCUT2D eigenvalue weighted by molar-refractivity contribution is 0.103. The number of halogens is 2. The van der Waals surface area contributed by atoms with Crippen LogP contribution in [0.15, 0.2) is 29.6 Å². The van der Waals surface area contributed by atoms with E-state index in [-0.39, 0.29) is 5.78 Å². The van der Waals surface area contributed by atoms with Gasteiger partial charge in [-0.15, -0.1) is 11.3 Å². The van der Waals surface area contributed by atoms with E-state index in [0.717, 1.165) is 35.5 Å². The van der Waals surface area contributed by atoms with Crippen LogP contribution in [0.5, 0.6) is 0 Å². The highest BCUT2D eigenvalue weighted by Crippen LogP contribution is 2.35. The third kappa shape index (κ3) is 3.63. The zero-order chi connectivity index (χ0) is 19.8. The molecule has 1 aromatic carbocycles. The normalized spacial score (nSPS) is 16.1. The highest BCUT2D eigenvalue weighted by molar-refractivity contribution is 7.16. The predicted molar refractivity (Wildman–Crippen MR) is 119 cm³/mol. The number of benzene rings is 1. The summed E-state index contributed by atoms with van der Waals surface area (Å²) in [5, 5.41) is 3.82. The number of ketones is 1. The molecule has 0 spiro atoms. The number of hydrogen-bond donors (Lipinski definition) is 0. The molecular formula is C22H24Cl2N2OS. The fourth-order valence-electron chi connectivity index (χ4n) is 4.21. The Balaban J connectivity index is 1.65. The van der Waals surface area contributed by atoms with Gasteiger partial charge in [0.15, 0.2) is 5.78 Å². The van der Waals surface area contributed by atoms with E-state index in [9.17, 15) is 4.79 Å². The lowest BCUT2D eigenvalue weighted by Gasteiger charge is -2.29. The van der Waals surface area contributed by atoms with Crippen LogP contribution in [0.3, 0.4) is 0 Å². The molecule has 4 rings (SSSR count). The first-order valence-electron chi connectivity index (χ1n) is 9.71. The van der Waals surface area contributed by atoms with Gasteiger partial charge in [-0.3, -0.25) is 4.79 Å². The van der Waals surface area contributed by atoms with Crippen LogP contribution in [-0.4, -0.2) is 35.4 Å². The molecule has 28 heavy (non-hydrogen) atoms. The summed E-state index contributed by atoms with van der Waals surface area (Å²) in [5.74, 6) is 0.709. The van der Waals surface area contributed by atoms with Crippen LogP contribution in [0.25, 0.3) is 10.2 Å². The van der Waals surface area contributed by atoms with Crippen LogP contribution in [0.2, 0.25) is 10.0 Å². The van der Waals surface area contributed by atoms with E-state index < -0.39 is 0 Å². The van der Waals surface area contributed by atoms with Crippen molar-refractivity contribution in [3.05, 3.63) is 56.5 Å². The van der Waals surface area contributed by atoms with Crippen molar-refractivity contribution in [3.63, 3.8) is 0 Å². The molecule has 3 heterocycles. The third-order valence-electron chi connectivity index (χ3n) is 5.95. The molecule has 1 fully saturated rings. The Hall–Kier alpha value is -1.33. The molecule has 3 aromatic rings. The molecule has 2 aromatic heterocycles. The molecule has 6 heteroatoms. The van der Waals surface area contributed by atoms with E-state index in [0.29, 0.717) is 15.6 Å². The summed E-state index contributed by atoms with van der Waals surface area (Å²) in [6, 6.07) is 7.29. The Labute approximate surface area is 179 Å². The number of carbonyl (C=O) groups is 1. The first-order chi connectivity index (χ1) is 13.5. The predicted octanol–water partition coefficient (Wildman–Crippen LogP) is 6.28. The molecule has 0 aliphatic carbocycles. The maximum atomic E-state index is 13.4. The van der Waals surface area contributed by atoms with E-state index in [1.54, 1.807) is 29.5 Å². The molecule has 0 N–H and O–H groups in total. The monoisotopic (exact) mass is 434 g/mol. The fraction of sp³-hybridized carbons (Fsp3) is 0.409. The van der Waals surface area contributed by atoms with E-state index >= 15 is 0 Å². The first kappa shape index (κ1) is 20.0. The number of hydrogen-bond acceptors (Lipinski definition) is 3. The molecular weight excluding hydrogens is 411 g/mol. The quantitative estimate of drug-likeness (QED) is 0.441. The maximum absolute atomic E-state index is 13.4. The minimum absolute atomic E-state index is 0.0496. The number of aromatic nitrogens is 1. The largest absolute Gasteiger partial charge is 0.336 e. The number of nitrogens with zero attached hydrogens (tertiary/aromatic N) is 2. The summed E-state index contributed by atoms with van der Waals surface area (Å²) in [6.45, 7) is 5.36. The number of piperidine rings is 1. The van der Waals surface area contributed by atoms with Gasteiger partial charge in [0.05, 0.1) is 15.6 Å². The minimum Gasteiger partial charge on any atom is -0.336 e. The average Bonchev–Trinajstić information content (AvgIpc) is 3.23. The van der Waals surface area contributed by atoms with Crippen LogP contribution >= 0.6 is 34.5 Å². The van der Waals surface area contributed by atoms with Crippen molar-refractivity contribution in [2.75, 3.05) is 20.1 Å². The van der Waals surface area contributed by atoms with Gasteiger partial charge in [0.1, 0.15) is 4.83 Å². The number of rotatable bonds is 5. The summed E-state index contributed by atoms with van der Waals surface area (Å²) in [6.07, 6.45) is 3.67. The lowest BCUT2D eigenvalue weighted by Crippen LogP contribution is -2.30. The van der Waals surface area contributed by atoms with Gasteiger partial charge in [-0.05, 0) is 75.8 Å². The molecule has 3 nitrogen and oxygen atoms in total. The first-order valence-corrected chi connectivity index (χ1v) is 11.3. The van der Waals surface area contributed by atoms with Crippen LogP contribution in [-0.2, 0) is 6.54 Å². The highest BCUT2D eigenvalue weighted by Gasteiger charge is 2.25. The Morgan fingerprint density at radius 3 is 2.71 bits per heavy atom. The molecule has 1 aliphatic rings. The second-order valence-corrected chi connectivity index (χ2v) is 9.40. The van der Waals surface area contributed by atoms with Gasteiger partial charge in [-0.1, -0.05) is 29.3 Å².